The molecule has 0 unspecified atom stereocenters. The molecule has 0 bridgehead atoms. The first-order valence-electron chi connectivity index (χ1n) is 5.23. The molecule has 17 heavy (non-hydrogen) atoms. The van der Waals surface area contributed by atoms with Crippen molar-refractivity contribution in [3.63, 3.8) is 0 Å². The number of nitrogens with one attached hydrogen (secondary N) is 3. The Morgan fingerprint density at radius 3 is 2.41 bits per heavy atom. The summed E-state index contributed by atoms with van der Waals surface area (Å²) in [6.45, 7) is 6.69. The minimum absolute atomic E-state index is 0.0283. The van der Waals surface area contributed by atoms with Gasteiger partial charge in [-0.3, -0.25) is 10.1 Å². The molecule has 1 aliphatic heterocycles. The van der Waals surface area contributed by atoms with Gasteiger partial charge in [0, 0.05) is 0 Å². The Morgan fingerprint density at radius 1 is 1.41 bits per heavy atom. The molecule has 1 heterocycles. The third-order valence-corrected chi connectivity index (χ3v) is 2.10. The summed E-state index contributed by atoms with van der Waals surface area (Å²) in [4.78, 5) is 33.7. The molecule has 7 heteroatoms. The van der Waals surface area contributed by atoms with Crippen molar-refractivity contribution in [3.8, 4) is 0 Å². The van der Waals surface area contributed by atoms with Crippen LogP contribution in [-0.2, 0) is 9.53 Å². The third-order valence-electron chi connectivity index (χ3n) is 2.10. The maximum absolute atomic E-state index is 11.4. The van der Waals surface area contributed by atoms with E-state index in [0.717, 1.165) is 0 Å². The number of urea groups is 1. The van der Waals surface area contributed by atoms with Crippen molar-refractivity contribution in [2.24, 2.45) is 0 Å². The van der Waals surface area contributed by atoms with Gasteiger partial charge in [0.05, 0.1) is 6.54 Å². The predicted octanol–water partition coefficient (Wildman–Crippen LogP) is 0.109. The zero-order valence-corrected chi connectivity index (χ0v) is 10.3. The zero-order valence-electron chi connectivity index (χ0n) is 10.3. The number of carbonyl (C=O) groups is 3. The van der Waals surface area contributed by atoms with Gasteiger partial charge in [-0.2, -0.15) is 0 Å². The molecule has 1 fully saturated rings. The lowest BCUT2D eigenvalue weighted by Gasteiger charge is -2.23. The van der Waals surface area contributed by atoms with Crippen LogP contribution in [0.4, 0.5) is 9.59 Å². The molecule has 0 radical (unpaired) electrons. The van der Waals surface area contributed by atoms with Gasteiger partial charge in [-0.25, -0.2) is 9.59 Å². The highest BCUT2D eigenvalue weighted by Gasteiger charge is 2.42. The molecule has 0 saturated carbocycles. The maximum atomic E-state index is 11.4. The van der Waals surface area contributed by atoms with E-state index < -0.39 is 29.2 Å². The monoisotopic (exact) mass is 243 g/mol. The molecule has 3 N–H and O–H groups in total. The van der Waals surface area contributed by atoms with E-state index in [4.69, 9.17) is 4.74 Å². The molecule has 1 saturated heterocycles. The minimum Gasteiger partial charge on any atom is -0.444 e. The molecular weight excluding hydrogens is 226 g/mol. The van der Waals surface area contributed by atoms with Crippen molar-refractivity contribution >= 4 is 18.0 Å². The third kappa shape index (κ3) is 3.61. The Kier molecular flexibility index (Phi) is 3.30. The first kappa shape index (κ1) is 13.3. The van der Waals surface area contributed by atoms with Crippen LogP contribution < -0.4 is 16.0 Å². The number of alkyl carbamates (subject to hydrolysis) is 1. The summed E-state index contributed by atoms with van der Waals surface area (Å²) in [6.07, 6.45) is -0.632. The predicted molar refractivity (Wildman–Crippen MR) is 59.3 cm³/mol. The normalized spacial score (nSPS) is 24.0. The SMILES string of the molecule is CC(C)(C)OC(=O)NC[C@@]1(C)NC(=O)NC1=O. The average molecular weight is 243 g/mol. The van der Waals surface area contributed by atoms with E-state index in [-0.39, 0.29) is 6.54 Å². The lowest BCUT2D eigenvalue weighted by Crippen LogP contribution is -2.53. The fraction of sp³-hybridized carbons (Fsp3) is 0.700. The fourth-order valence-electron chi connectivity index (χ4n) is 1.27. The Hall–Kier alpha value is -1.79. The van der Waals surface area contributed by atoms with E-state index in [9.17, 15) is 14.4 Å². The first-order chi connectivity index (χ1) is 7.62. The van der Waals surface area contributed by atoms with E-state index in [1.54, 1.807) is 20.8 Å². The maximum Gasteiger partial charge on any atom is 0.407 e. The Morgan fingerprint density at radius 2 is 2.00 bits per heavy atom. The molecule has 1 rings (SSSR count). The van der Waals surface area contributed by atoms with Crippen molar-refractivity contribution in [1.82, 2.24) is 16.0 Å². The molecule has 0 aromatic carbocycles. The second kappa shape index (κ2) is 4.23. The van der Waals surface area contributed by atoms with Crippen LogP contribution in [-0.4, -0.2) is 35.7 Å². The summed E-state index contributed by atoms with van der Waals surface area (Å²) in [5.41, 5.74) is -1.74. The van der Waals surface area contributed by atoms with Gasteiger partial charge in [-0.1, -0.05) is 0 Å². The quantitative estimate of drug-likeness (QED) is 0.600. The standard InChI is InChI=1S/C10H17N3O4/c1-9(2,3)17-8(16)11-5-10(4)6(14)12-7(15)13-10/h5H2,1-4H3,(H,11,16)(H2,12,13,14,15)/t10-/m1/s1. The summed E-state index contributed by atoms with van der Waals surface area (Å²) in [5.74, 6) is -0.474. The highest BCUT2D eigenvalue weighted by Crippen LogP contribution is 2.10. The van der Waals surface area contributed by atoms with Crippen LogP contribution in [0.5, 0.6) is 0 Å². The number of hydrogen-bond acceptors (Lipinski definition) is 4. The number of amides is 4. The van der Waals surface area contributed by atoms with Gasteiger partial charge in [-0.05, 0) is 27.7 Å². The Bertz CT molecular complexity index is 361. The second-order valence-corrected chi connectivity index (χ2v) is 5.10. The van der Waals surface area contributed by atoms with Gasteiger partial charge >= 0.3 is 12.1 Å². The van der Waals surface area contributed by atoms with Gasteiger partial charge in [0.15, 0.2) is 0 Å². The van der Waals surface area contributed by atoms with E-state index in [2.05, 4.69) is 16.0 Å². The average Bonchev–Trinajstić information content (AvgIpc) is 2.35. The number of carbonyl (C=O) groups excluding carboxylic acids is 3. The summed E-state index contributed by atoms with van der Waals surface area (Å²) in [7, 11) is 0. The van der Waals surface area contributed by atoms with Crippen LogP contribution >= 0.6 is 0 Å². The zero-order chi connectivity index (χ0) is 13.3. The molecule has 96 valence electrons. The van der Waals surface area contributed by atoms with Crippen molar-refractivity contribution < 1.29 is 19.1 Å². The van der Waals surface area contributed by atoms with E-state index in [0.29, 0.717) is 0 Å². The van der Waals surface area contributed by atoms with Crippen molar-refractivity contribution in [3.05, 3.63) is 0 Å². The number of hydrogen-bond donors (Lipinski definition) is 3. The van der Waals surface area contributed by atoms with Crippen molar-refractivity contribution in [2.75, 3.05) is 6.54 Å². The molecule has 0 spiro atoms. The fourth-order valence-corrected chi connectivity index (χ4v) is 1.27. The summed E-state index contributed by atoms with van der Waals surface area (Å²) in [6, 6.07) is -0.566. The summed E-state index contributed by atoms with van der Waals surface area (Å²) < 4.78 is 5.01. The Balaban J connectivity index is 2.48. The number of imide groups is 1. The molecule has 0 aliphatic carbocycles. The summed E-state index contributed by atoms with van der Waals surface area (Å²) in [5, 5.41) is 6.96. The lowest BCUT2D eigenvalue weighted by molar-refractivity contribution is -0.123. The van der Waals surface area contributed by atoms with Crippen LogP contribution in [0.2, 0.25) is 0 Å². The van der Waals surface area contributed by atoms with Gasteiger partial charge in [0.25, 0.3) is 5.91 Å². The van der Waals surface area contributed by atoms with Gasteiger partial charge in [-0.15, -0.1) is 0 Å². The number of ether oxygens (including phenoxy) is 1. The van der Waals surface area contributed by atoms with Crippen molar-refractivity contribution in [1.29, 1.82) is 0 Å². The van der Waals surface area contributed by atoms with Crippen LogP contribution in [0.3, 0.4) is 0 Å². The molecule has 1 aliphatic rings. The molecule has 1 atom stereocenters. The topological polar surface area (TPSA) is 96.5 Å². The summed E-state index contributed by atoms with van der Waals surface area (Å²) >= 11 is 0. The highest BCUT2D eigenvalue weighted by atomic mass is 16.6. The van der Waals surface area contributed by atoms with E-state index >= 15 is 0 Å². The van der Waals surface area contributed by atoms with Crippen LogP contribution in [0.1, 0.15) is 27.7 Å². The van der Waals surface area contributed by atoms with Crippen LogP contribution in [0.15, 0.2) is 0 Å². The molecular formula is C10H17N3O4. The van der Waals surface area contributed by atoms with Gasteiger partial charge in [0.2, 0.25) is 0 Å². The van der Waals surface area contributed by atoms with Gasteiger partial charge in [0.1, 0.15) is 11.1 Å². The van der Waals surface area contributed by atoms with Crippen molar-refractivity contribution in [2.45, 2.75) is 38.8 Å². The van der Waals surface area contributed by atoms with Crippen LogP contribution in [0.25, 0.3) is 0 Å². The molecule has 4 amide bonds. The molecule has 7 nitrogen and oxygen atoms in total. The highest BCUT2D eigenvalue weighted by molar-refractivity contribution is 6.07. The lowest BCUT2D eigenvalue weighted by atomic mass is 10.0. The van der Waals surface area contributed by atoms with E-state index in [1.165, 1.54) is 6.92 Å². The smallest absolute Gasteiger partial charge is 0.407 e. The molecule has 0 aromatic heterocycles. The second-order valence-electron chi connectivity index (χ2n) is 5.10. The van der Waals surface area contributed by atoms with Gasteiger partial charge < -0.3 is 15.4 Å². The first-order valence-corrected chi connectivity index (χ1v) is 5.23. The van der Waals surface area contributed by atoms with E-state index in [1.807, 2.05) is 0 Å². The largest absolute Gasteiger partial charge is 0.444 e. The number of rotatable bonds is 2. The molecule has 0 aromatic rings. The van der Waals surface area contributed by atoms with Crippen LogP contribution in [0, 0.1) is 0 Å². The Labute approximate surface area is 99.3 Å². The minimum atomic E-state index is -1.13.